The van der Waals surface area contributed by atoms with Crippen molar-refractivity contribution in [3.8, 4) is 0 Å². The molecule has 3 rings (SSSR count). The Morgan fingerprint density at radius 1 is 1.32 bits per heavy atom. The summed E-state index contributed by atoms with van der Waals surface area (Å²) in [5, 5.41) is 7.75. The van der Waals surface area contributed by atoms with Gasteiger partial charge in [-0.05, 0) is 18.6 Å². The number of nitrogens with zero attached hydrogens (tertiary/aromatic N) is 4. The lowest BCUT2D eigenvalue weighted by molar-refractivity contribution is -0.119. The van der Waals surface area contributed by atoms with Gasteiger partial charge in [-0.2, -0.15) is 4.98 Å². The average Bonchev–Trinajstić information content (AvgIpc) is 2.96. The number of nitrogens with one attached hydrogen (secondary N) is 1. The molecular weight excluding hydrogens is 298 g/mol. The van der Waals surface area contributed by atoms with E-state index < -0.39 is 0 Å². The van der Waals surface area contributed by atoms with Crippen LogP contribution in [-0.2, 0) is 4.79 Å². The molecule has 0 aliphatic heterocycles. The number of thioether (sulfide) groups is 1. The van der Waals surface area contributed by atoms with Crippen LogP contribution in [0.4, 0.5) is 0 Å². The molecule has 0 saturated carbocycles. The number of hydrogen-bond acceptors (Lipinski definition) is 5. The molecule has 1 aromatic carbocycles. The fourth-order valence-corrected chi connectivity index (χ4v) is 2.65. The van der Waals surface area contributed by atoms with E-state index in [9.17, 15) is 4.79 Å². The van der Waals surface area contributed by atoms with Gasteiger partial charge in [-0.3, -0.25) is 4.79 Å². The van der Waals surface area contributed by atoms with E-state index in [-0.39, 0.29) is 17.7 Å². The van der Waals surface area contributed by atoms with Gasteiger partial charge in [0.15, 0.2) is 0 Å². The predicted octanol–water partition coefficient (Wildman–Crippen LogP) is 2.09. The van der Waals surface area contributed by atoms with Gasteiger partial charge in [0.2, 0.25) is 11.1 Å². The van der Waals surface area contributed by atoms with E-state index in [4.69, 9.17) is 0 Å². The Balaban J connectivity index is 1.56. The first-order chi connectivity index (χ1) is 10.7. The first-order valence-electron chi connectivity index (χ1n) is 6.87. The predicted molar refractivity (Wildman–Crippen MR) is 84.5 cm³/mol. The Bertz CT molecular complexity index is 741. The molecule has 0 radical (unpaired) electrons. The molecule has 0 aliphatic carbocycles. The lowest BCUT2D eigenvalue weighted by Crippen LogP contribution is -2.28. The molecule has 0 aliphatic rings. The first-order valence-corrected chi connectivity index (χ1v) is 7.85. The lowest BCUT2D eigenvalue weighted by Gasteiger charge is -2.13. The van der Waals surface area contributed by atoms with E-state index in [1.165, 1.54) is 11.8 Å². The SMILES string of the molecule is C[C@@H](NC(=O)CSc1nc2ncccn2n1)c1ccccc1. The van der Waals surface area contributed by atoms with Crippen molar-refractivity contribution in [1.82, 2.24) is 24.9 Å². The van der Waals surface area contributed by atoms with Crippen LogP contribution < -0.4 is 5.32 Å². The van der Waals surface area contributed by atoms with Crippen LogP contribution in [0.15, 0.2) is 53.9 Å². The second kappa shape index (κ2) is 6.57. The molecule has 6 nitrogen and oxygen atoms in total. The number of hydrogen-bond donors (Lipinski definition) is 1. The summed E-state index contributed by atoms with van der Waals surface area (Å²) in [6, 6.07) is 11.6. The van der Waals surface area contributed by atoms with Crippen molar-refractivity contribution in [3.05, 3.63) is 54.4 Å². The Morgan fingerprint density at radius 2 is 2.14 bits per heavy atom. The van der Waals surface area contributed by atoms with E-state index in [2.05, 4.69) is 20.4 Å². The highest BCUT2D eigenvalue weighted by Gasteiger charge is 2.11. The van der Waals surface area contributed by atoms with Gasteiger partial charge < -0.3 is 5.32 Å². The van der Waals surface area contributed by atoms with Crippen molar-refractivity contribution in [2.24, 2.45) is 0 Å². The van der Waals surface area contributed by atoms with Gasteiger partial charge in [0, 0.05) is 12.4 Å². The third kappa shape index (κ3) is 3.43. The summed E-state index contributed by atoms with van der Waals surface area (Å²) in [5.41, 5.74) is 1.08. The summed E-state index contributed by atoms with van der Waals surface area (Å²) >= 11 is 1.30. The second-order valence-electron chi connectivity index (χ2n) is 4.75. The van der Waals surface area contributed by atoms with Gasteiger partial charge in [0.25, 0.3) is 5.78 Å². The van der Waals surface area contributed by atoms with Crippen LogP contribution in [0.5, 0.6) is 0 Å². The van der Waals surface area contributed by atoms with E-state index in [0.29, 0.717) is 10.9 Å². The van der Waals surface area contributed by atoms with E-state index >= 15 is 0 Å². The number of amides is 1. The highest BCUT2D eigenvalue weighted by atomic mass is 32.2. The molecule has 1 amide bonds. The lowest BCUT2D eigenvalue weighted by atomic mass is 10.1. The van der Waals surface area contributed by atoms with Crippen LogP contribution >= 0.6 is 11.8 Å². The minimum Gasteiger partial charge on any atom is -0.349 e. The zero-order valence-corrected chi connectivity index (χ0v) is 12.8. The third-order valence-electron chi connectivity index (χ3n) is 3.11. The van der Waals surface area contributed by atoms with Crippen molar-refractivity contribution in [2.45, 2.75) is 18.1 Å². The van der Waals surface area contributed by atoms with Crippen molar-refractivity contribution in [3.63, 3.8) is 0 Å². The molecule has 2 aromatic heterocycles. The third-order valence-corrected chi connectivity index (χ3v) is 3.94. The fourth-order valence-electron chi connectivity index (χ4n) is 2.01. The largest absolute Gasteiger partial charge is 0.349 e. The van der Waals surface area contributed by atoms with Gasteiger partial charge in [0.05, 0.1) is 11.8 Å². The summed E-state index contributed by atoms with van der Waals surface area (Å²) in [5.74, 6) is 0.755. The summed E-state index contributed by atoms with van der Waals surface area (Å²) in [6.07, 6.45) is 3.43. The molecule has 2 heterocycles. The number of carbonyl (C=O) groups excluding carboxylic acids is 1. The Labute approximate surface area is 132 Å². The molecule has 112 valence electrons. The van der Waals surface area contributed by atoms with Gasteiger partial charge in [0.1, 0.15) is 0 Å². The maximum Gasteiger partial charge on any atom is 0.253 e. The molecular formula is C15H15N5OS. The molecule has 0 unspecified atom stereocenters. The molecule has 3 aromatic rings. The van der Waals surface area contributed by atoms with E-state index in [1.807, 2.05) is 37.3 Å². The Morgan fingerprint density at radius 3 is 2.91 bits per heavy atom. The Kier molecular flexibility index (Phi) is 4.34. The van der Waals surface area contributed by atoms with Crippen molar-refractivity contribution in [2.75, 3.05) is 5.75 Å². The van der Waals surface area contributed by atoms with Crippen LogP contribution in [0.2, 0.25) is 0 Å². The van der Waals surface area contributed by atoms with Crippen molar-refractivity contribution in [1.29, 1.82) is 0 Å². The van der Waals surface area contributed by atoms with Crippen molar-refractivity contribution >= 4 is 23.4 Å². The number of carbonyl (C=O) groups is 1. The van der Waals surface area contributed by atoms with Crippen LogP contribution in [-0.4, -0.2) is 31.2 Å². The molecule has 0 fully saturated rings. The van der Waals surface area contributed by atoms with Gasteiger partial charge in [-0.15, -0.1) is 5.10 Å². The molecule has 0 spiro atoms. The van der Waals surface area contributed by atoms with Gasteiger partial charge in [-0.1, -0.05) is 42.1 Å². The zero-order chi connectivity index (χ0) is 15.4. The number of benzene rings is 1. The number of fused-ring (bicyclic) bond motifs is 1. The highest BCUT2D eigenvalue weighted by Crippen LogP contribution is 2.15. The van der Waals surface area contributed by atoms with Gasteiger partial charge >= 0.3 is 0 Å². The molecule has 7 heteroatoms. The topological polar surface area (TPSA) is 72.2 Å². The number of aromatic nitrogens is 4. The van der Waals surface area contributed by atoms with Crippen LogP contribution in [0.3, 0.4) is 0 Å². The smallest absolute Gasteiger partial charge is 0.253 e. The summed E-state index contributed by atoms with van der Waals surface area (Å²) in [7, 11) is 0. The van der Waals surface area contributed by atoms with E-state index in [0.717, 1.165) is 5.56 Å². The van der Waals surface area contributed by atoms with Crippen LogP contribution in [0.25, 0.3) is 5.78 Å². The van der Waals surface area contributed by atoms with Gasteiger partial charge in [-0.25, -0.2) is 9.50 Å². The standard InChI is InChI=1S/C15H15N5OS/c1-11(12-6-3-2-4-7-12)17-13(21)10-22-15-18-14-16-8-5-9-20(14)19-15/h2-9,11H,10H2,1H3,(H,17,21)/t11-/m1/s1. The average molecular weight is 313 g/mol. The van der Waals surface area contributed by atoms with E-state index in [1.54, 1.807) is 23.0 Å². The Hall–Kier alpha value is -2.41. The minimum absolute atomic E-state index is 0.0232. The molecule has 1 N–H and O–H groups in total. The summed E-state index contributed by atoms with van der Waals surface area (Å²) in [6.45, 7) is 1.96. The number of rotatable bonds is 5. The fraction of sp³-hybridized carbons (Fsp3) is 0.200. The first kappa shape index (κ1) is 14.5. The molecule has 0 saturated heterocycles. The summed E-state index contributed by atoms with van der Waals surface area (Å²) < 4.78 is 1.59. The highest BCUT2D eigenvalue weighted by molar-refractivity contribution is 7.99. The maximum atomic E-state index is 12.0. The summed E-state index contributed by atoms with van der Waals surface area (Å²) in [4.78, 5) is 20.3. The minimum atomic E-state index is -0.0480. The van der Waals surface area contributed by atoms with Crippen molar-refractivity contribution < 1.29 is 4.79 Å². The second-order valence-corrected chi connectivity index (χ2v) is 5.69. The zero-order valence-electron chi connectivity index (χ0n) is 12.0. The maximum absolute atomic E-state index is 12.0. The van der Waals surface area contributed by atoms with Crippen LogP contribution in [0, 0.1) is 0 Å². The van der Waals surface area contributed by atoms with Crippen LogP contribution in [0.1, 0.15) is 18.5 Å². The molecule has 1 atom stereocenters. The molecule has 22 heavy (non-hydrogen) atoms. The monoisotopic (exact) mass is 313 g/mol. The quantitative estimate of drug-likeness (QED) is 0.730. The normalized spacial score (nSPS) is 12.2. The molecule has 0 bridgehead atoms.